The van der Waals surface area contributed by atoms with Gasteiger partial charge in [0.2, 0.25) is 3.61 Å². The Morgan fingerprint density at radius 1 is 1.36 bits per heavy atom. The Labute approximate surface area is 98.0 Å². The fourth-order valence-corrected chi connectivity index (χ4v) is 1.33. The Morgan fingerprint density at radius 3 is 2.14 bits per heavy atom. The first-order chi connectivity index (χ1) is 6.21. The van der Waals surface area contributed by atoms with Crippen molar-refractivity contribution in [2.24, 2.45) is 0 Å². The van der Waals surface area contributed by atoms with Gasteiger partial charge in [-0.2, -0.15) is 0 Å². The minimum atomic E-state index is -1.28. The monoisotopic (exact) mass is 316 g/mol. The van der Waals surface area contributed by atoms with Crippen LogP contribution in [-0.4, -0.2) is 20.3 Å². The van der Waals surface area contributed by atoms with Crippen molar-refractivity contribution in [2.75, 3.05) is 0 Å². The van der Waals surface area contributed by atoms with E-state index in [1.807, 2.05) is 6.92 Å². The molecule has 0 aliphatic rings. The Kier molecular flexibility index (Phi) is 5.32. The largest absolute Gasteiger partial charge is 0.478 e. The van der Waals surface area contributed by atoms with Gasteiger partial charge in [0, 0.05) is 0 Å². The van der Waals surface area contributed by atoms with Gasteiger partial charge >= 0.3 is 5.97 Å². The van der Waals surface area contributed by atoms with Crippen molar-refractivity contribution in [3.63, 3.8) is 0 Å². The van der Waals surface area contributed by atoms with Crippen LogP contribution in [0.1, 0.15) is 40.5 Å². The lowest BCUT2D eigenvalue weighted by Crippen LogP contribution is -2.37. The van der Waals surface area contributed by atoms with Crippen molar-refractivity contribution in [2.45, 2.75) is 49.7 Å². The maximum Gasteiger partial charge on any atom is 0.349 e. The Morgan fingerprint density at radius 2 is 1.86 bits per heavy atom. The lowest BCUT2D eigenvalue weighted by atomic mass is 10.2. The van der Waals surface area contributed by atoms with E-state index < -0.39 is 15.2 Å². The molecule has 1 unspecified atom stereocenters. The van der Waals surface area contributed by atoms with Crippen LogP contribution in [0, 0.1) is 0 Å². The van der Waals surface area contributed by atoms with E-state index in [1.54, 1.807) is 43.4 Å². The molecule has 0 aliphatic heterocycles. The summed E-state index contributed by atoms with van der Waals surface area (Å²) in [5.74, 6) is -1.01. The van der Waals surface area contributed by atoms with Crippen LogP contribution in [0.25, 0.3) is 0 Å². The van der Waals surface area contributed by atoms with Crippen molar-refractivity contribution in [3.8, 4) is 0 Å². The lowest BCUT2D eigenvalue weighted by Gasteiger charge is -2.26. The highest BCUT2D eigenvalue weighted by Crippen LogP contribution is 2.29. The number of hydrogen-bond acceptors (Lipinski definition) is 3. The van der Waals surface area contributed by atoms with Crippen LogP contribution in [0.4, 0.5) is 0 Å². The van der Waals surface area contributed by atoms with E-state index in [1.165, 1.54) is 0 Å². The Balaban J connectivity index is 4.31. The fourth-order valence-electron chi connectivity index (χ4n) is 0.697. The second-order valence-electron chi connectivity index (χ2n) is 4.06. The zero-order valence-electron chi connectivity index (χ0n) is 8.96. The van der Waals surface area contributed by atoms with E-state index in [-0.39, 0.29) is 0 Å². The summed E-state index contributed by atoms with van der Waals surface area (Å²) < 4.78 is -1.28. The first kappa shape index (κ1) is 14.1. The van der Waals surface area contributed by atoms with E-state index in [0.29, 0.717) is 6.42 Å². The number of carbonyl (C=O) groups is 1. The highest BCUT2D eigenvalue weighted by atomic mass is 127. The molecule has 0 amide bonds. The van der Waals surface area contributed by atoms with Crippen molar-refractivity contribution < 1.29 is 19.7 Å². The standard InChI is InChI=1S/C9H17IO4/c1-5-6-9(10,7(11)12)14-13-8(2,3)4/h5-6H2,1-4H3,(H,11,12). The van der Waals surface area contributed by atoms with Gasteiger partial charge in [-0.15, -0.1) is 0 Å². The molecule has 5 heteroatoms. The summed E-state index contributed by atoms with van der Waals surface area (Å²) in [5, 5.41) is 8.95. The molecule has 0 bridgehead atoms. The van der Waals surface area contributed by atoms with Crippen LogP contribution in [-0.2, 0) is 14.6 Å². The highest BCUT2D eigenvalue weighted by molar-refractivity contribution is 14.1. The van der Waals surface area contributed by atoms with Crippen LogP contribution < -0.4 is 0 Å². The maximum atomic E-state index is 10.9. The minimum absolute atomic E-state index is 0.416. The number of alkyl halides is 1. The quantitative estimate of drug-likeness (QED) is 0.367. The topological polar surface area (TPSA) is 55.8 Å². The van der Waals surface area contributed by atoms with Crippen LogP contribution in [0.2, 0.25) is 0 Å². The van der Waals surface area contributed by atoms with E-state index in [4.69, 9.17) is 14.9 Å². The van der Waals surface area contributed by atoms with Gasteiger partial charge in [0.05, 0.1) is 5.60 Å². The van der Waals surface area contributed by atoms with Crippen molar-refractivity contribution in [3.05, 3.63) is 0 Å². The molecule has 0 aromatic rings. The number of hydrogen-bond donors (Lipinski definition) is 1. The van der Waals surface area contributed by atoms with Crippen molar-refractivity contribution >= 4 is 28.6 Å². The average Bonchev–Trinajstić information content (AvgIpc) is 2.00. The molecule has 14 heavy (non-hydrogen) atoms. The van der Waals surface area contributed by atoms with Crippen LogP contribution in [0.3, 0.4) is 0 Å². The summed E-state index contributed by atoms with van der Waals surface area (Å²) in [5.41, 5.74) is -0.500. The first-order valence-electron chi connectivity index (χ1n) is 4.50. The van der Waals surface area contributed by atoms with Crippen LogP contribution in [0.15, 0.2) is 0 Å². The summed E-state index contributed by atoms with van der Waals surface area (Å²) in [6.45, 7) is 7.31. The predicted octanol–water partition coefficient (Wildman–Crippen LogP) is 2.75. The second kappa shape index (κ2) is 5.27. The second-order valence-corrected chi connectivity index (χ2v) is 5.81. The van der Waals surface area contributed by atoms with Gasteiger partial charge in [0.25, 0.3) is 0 Å². The van der Waals surface area contributed by atoms with Gasteiger partial charge in [-0.05, 0) is 49.8 Å². The zero-order chi connectivity index (χ0) is 11.4. The number of aliphatic carboxylic acids is 1. The van der Waals surface area contributed by atoms with Crippen molar-refractivity contribution in [1.82, 2.24) is 0 Å². The van der Waals surface area contributed by atoms with Gasteiger partial charge in [0.1, 0.15) is 0 Å². The van der Waals surface area contributed by atoms with Gasteiger partial charge < -0.3 is 5.11 Å². The molecule has 0 aromatic heterocycles. The smallest absolute Gasteiger partial charge is 0.349 e. The number of rotatable bonds is 5. The predicted molar refractivity (Wildman–Crippen MR) is 61.2 cm³/mol. The van der Waals surface area contributed by atoms with E-state index in [9.17, 15) is 4.79 Å². The molecule has 0 heterocycles. The number of halogens is 1. The SMILES string of the molecule is CCCC(I)(OOC(C)(C)C)C(=O)O. The molecular weight excluding hydrogens is 299 g/mol. The molecule has 0 saturated heterocycles. The molecular formula is C9H17IO4. The fraction of sp³-hybridized carbons (Fsp3) is 0.889. The highest BCUT2D eigenvalue weighted by Gasteiger charge is 2.38. The van der Waals surface area contributed by atoms with Crippen LogP contribution in [0.5, 0.6) is 0 Å². The Bertz CT molecular complexity index is 199. The molecule has 0 aliphatic carbocycles. The summed E-state index contributed by atoms with van der Waals surface area (Å²) >= 11 is 1.76. The summed E-state index contributed by atoms with van der Waals surface area (Å²) in [6.07, 6.45) is 1.14. The van der Waals surface area contributed by atoms with Crippen molar-refractivity contribution in [1.29, 1.82) is 0 Å². The van der Waals surface area contributed by atoms with Crippen LogP contribution >= 0.6 is 22.6 Å². The molecule has 0 radical (unpaired) electrons. The normalized spacial score (nSPS) is 16.4. The van der Waals surface area contributed by atoms with E-state index in [2.05, 4.69) is 0 Å². The lowest BCUT2D eigenvalue weighted by molar-refractivity contribution is -0.373. The molecule has 1 N–H and O–H groups in total. The van der Waals surface area contributed by atoms with Gasteiger partial charge in [0.15, 0.2) is 0 Å². The molecule has 0 fully saturated rings. The third-order valence-electron chi connectivity index (χ3n) is 1.31. The van der Waals surface area contributed by atoms with E-state index >= 15 is 0 Å². The average molecular weight is 316 g/mol. The zero-order valence-corrected chi connectivity index (χ0v) is 11.1. The maximum absolute atomic E-state index is 10.9. The van der Waals surface area contributed by atoms with E-state index in [0.717, 1.165) is 6.42 Å². The first-order valence-corrected chi connectivity index (χ1v) is 5.58. The minimum Gasteiger partial charge on any atom is -0.478 e. The molecule has 0 saturated carbocycles. The van der Waals surface area contributed by atoms with Gasteiger partial charge in [-0.3, -0.25) is 0 Å². The number of carboxylic acids is 1. The molecule has 1 atom stereocenters. The summed E-state index contributed by atoms with van der Waals surface area (Å²) in [6, 6.07) is 0. The summed E-state index contributed by atoms with van der Waals surface area (Å²) in [4.78, 5) is 20.9. The molecule has 0 spiro atoms. The molecule has 0 rings (SSSR count). The third-order valence-corrected chi connectivity index (χ3v) is 2.50. The number of carboxylic acid groups (broad SMARTS) is 1. The molecule has 0 aromatic carbocycles. The molecule has 84 valence electrons. The third kappa shape index (κ3) is 5.11. The van der Waals surface area contributed by atoms with Gasteiger partial charge in [-0.1, -0.05) is 13.3 Å². The molecule has 4 nitrogen and oxygen atoms in total. The Hall–Kier alpha value is 0.120. The summed E-state index contributed by atoms with van der Waals surface area (Å²) in [7, 11) is 0. The van der Waals surface area contributed by atoms with Gasteiger partial charge in [-0.25, -0.2) is 14.6 Å².